The van der Waals surface area contributed by atoms with E-state index in [4.69, 9.17) is 4.74 Å². The summed E-state index contributed by atoms with van der Waals surface area (Å²) in [7, 11) is 1.71. The number of benzene rings is 1. The van der Waals surface area contributed by atoms with Gasteiger partial charge in [0, 0.05) is 12.6 Å². The van der Waals surface area contributed by atoms with E-state index in [9.17, 15) is 0 Å². The van der Waals surface area contributed by atoms with E-state index in [0.29, 0.717) is 0 Å². The Morgan fingerprint density at radius 3 is 2.62 bits per heavy atom. The zero-order chi connectivity index (χ0) is 11.4. The van der Waals surface area contributed by atoms with Crippen molar-refractivity contribution in [2.45, 2.75) is 38.8 Å². The second-order valence-corrected chi connectivity index (χ2v) is 4.66. The number of hydrogen-bond acceptors (Lipinski definition) is 2. The summed E-state index contributed by atoms with van der Waals surface area (Å²) in [6.07, 6.45) is 4.08. The Labute approximate surface area is 98.2 Å². The average molecular weight is 219 g/mol. The number of likely N-dealkylation sites (tertiary alicyclic amines) is 1. The van der Waals surface area contributed by atoms with E-state index < -0.39 is 0 Å². The highest BCUT2D eigenvalue weighted by molar-refractivity contribution is 5.27. The normalized spacial score (nSPS) is 22.0. The van der Waals surface area contributed by atoms with E-state index in [0.717, 1.165) is 18.3 Å². The molecule has 0 spiro atoms. The third-order valence-corrected chi connectivity index (χ3v) is 3.49. The van der Waals surface area contributed by atoms with Gasteiger partial charge in [-0.15, -0.1) is 0 Å². The van der Waals surface area contributed by atoms with Crippen molar-refractivity contribution in [1.29, 1.82) is 0 Å². The van der Waals surface area contributed by atoms with Crippen molar-refractivity contribution in [3.63, 3.8) is 0 Å². The minimum atomic E-state index is 0.732. The fourth-order valence-corrected chi connectivity index (χ4v) is 2.36. The lowest BCUT2D eigenvalue weighted by Crippen LogP contribution is -2.36. The molecule has 88 valence electrons. The Bertz CT molecular complexity index is 320. The minimum Gasteiger partial charge on any atom is -0.497 e. The van der Waals surface area contributed by atoms with Gasteiger partial charge in [-0.25, -0.2) is 0 Å². The van der Waals surface area contributed by atoms with Gasteiger partial charge in [0.05, 0.1) is 7.11 Å². The van der Waals surface area contributed by atoms with Crippen molar-refractivity contribution < 1.29 is 4.74 Å². The van der Waals surface area contributed by atoms with E-state index in [1.165, 1.54) is 31.4 Å². The Hall–Kier alpha value is -1.02. The maximum Gasteiger partial charge on any atom is 0.118 e. The molecule has 2 nitrogen and oxygen atoms in total. The summed E-state index contributed by atoms with van der Waals surface area (Å²) in [6.45, 7) is 4.65. The van der Waals surface area contributed by atoms with Crippen LogP contribution in [-0.2, 0) is 6.54 Å². The van der Waals surface area contributed by atoms with Crippen molar-refractivity contribution in [2.75, 3.05) is 13.7 Å². The molecule has 0 aliphatic carbocycles. The molecule has 0 bridgehead atoms. The van der Waals surface area contributed by atoms with E-state index in [1.54, 1.807) is 7.11 Å². The highest BCUT2D eigenvalue weighted by Crippen LogP contribution is 2.20. The van der Waals surface area contributed by atoms with Gasteiger partial charge in [0.1, 0.15) is 5.75 Å². The molecule has 0 amide bonds. The second-order valence-electron chi connectivity index (χ2n) is 4.66. The molecular formula is C14H21NO. The number of hydrogen-bond donors (Lipinski definition) is 0. The maximum absolute atomic E-state index is 5.17. The van der Waals surface area contributed by atoms with Crippen molar-refractivity contribution in [1.82, 2.24) is 4.90 Å². The second kappa shape index (κ2) is 5.35. The van der Waals surface area contributed by atoms with Crippen LogP contribution in [0.1, 0.15) is 31.7 Å². The highest BCUT2D eigenvalue weighted by atomic mass is 16.5. The number of ether oxygens (including phenoxy) is 1. The highest BCUT2D eigenvalue weighted by Gasteiger charge is 2.17. The molecule has 1 saturated heterocycles. The quantitative estimate of drug-likeness (QED) is 0.774. The molecular weight excluding hydrogens is 198 g/mol. The predicted octanol–water partition coefficient (Wildman–Crippen LogP) is 3.07. The van der Waals surface area contributed by atoms with Crippen LogP contribution in [0.25, 0.3) is 0 Å². The van der Waals surface area contributed by atoms with Gasteiger partial charge in [-0.3, -0.25) is 4.90 Å². The average Bonchev–Trinajstić information content (AvgIpc) is 2.33. The van der Waals surface area contributed by atoms with Gasteiger partial charge in [0.15, 0.2) is 0 Å². The lowest BCUT2D eigenvalue weighted by molar-refractivity contribution is 0.152. The van der Waals surface area contributed by atoms with Gasteiger partial charge in [-0.2, -0.15) is 0 Å². The van der Waals surface area contributed by atoms with E-state index in [2.05, 4.69) is 24.0 Å². The maximum atomic E-state index is 5.17. The summed E-state index contributed by atoms with van der Waals surface area (Å²) in [4.78, 5) is 2.57. The Balaban J connectivity index is 1.96. The molecule has 1 heterocycles. The smallest absolute Gasteiger partial charge is 0.118 e. The first-order valence-electron chi connectivity index (χ1n) is 6.16. The first kappa shape index (κ1) is 11.5. The lowest BCUT2D eigenvalue weighted by Gasteiger charge is -2.33. The van der Waals surface area contributed by atoms with Gasteiger partial charge in [-0.05, 0) is 44.0 Å². The monoisotopic (exact) mass is 219 g/mol. The van der Waals surface area contributed by atoms with Gasteiger partial charge in [-0.1, -0.05) is 18.6 Å². The third kappa shape index (κ3) is 2.76. The molecule has 0 aromatic heterocycles. The first-order chi connectivity index (χ1) is 7.79. The molecule has 1 unspecified atom stereocenters. The van der Waals surface area contributed by atoms with Crippen molar-refractivity contribution >= 4 is 0 Å². The fraction of sp³-hybridized carbons (Fsp3) is 0.571. The van der Waals surface area contributed by atoms with Crippen LogP contribution in [0.15, 0.2) is 24.3 Å². The van der Waals surface area contributed by atoms with Crippen LogP contribution in [-0.4, -0.2) is 24.6 Å². The number of methoxy groups -OCH3 is 1. The molecule has 1 aliphatic rings. The molecule has 0 radical (unpaired) electrons. The van der Waals surface area contributed by atoms with Crippen LogP contribution in [0.3, 0.4) is 0 Å². The number of rotatable bonds is 3. The van der Waals surface area contributed by atoms with Crippen LogP contribution in [0.5, 0.6) is 5.75 Å². The van der Waals surface area contributed by atoms with Crippen molar-refractivity contribution in [3.05, 3.63) is 29.8 Å². The van der Waals surface area contributed by atoms with Crippen LogP contribution >= 0.6 is 0 Å². The Morgan fingerprint density at radius 2 is 2.00 bits per heavy atom. The summed E-state index contributed by atoms with van der Waals surface area (Å²) < 4.78 is 5.17. The van der Waals surface area contributed by atoms with Crippen molar-refractivity contribution in [3.8, 4) is 5.75 Å². The topological polar surface area (TPSA) is 12.5 Å². The molecule has 1 aliphatic heterocycles. The summed E-state index contributed by atoms with van der Waals surface area (Å²) in [5.74, 6) is 0.940. The minimum absolute atomic E-state index is 0.732. The number of piperidine rings is 1. The molecule has 2 rings (SSSR count). The molecule has 0 N–H and O–H groups in total. The SMILES string of the molecule is COc1ccc(CN2CCCCC2C)cc1. The van der Waals surface area contributed by atoms with E-state index in [-0.39, 0.29) is 0 Å². The van der Waals surface area contributed by atoms with Gasteiger partial charge < -0.3 is 4.74 Å². The summed E-state index contributed by atoms with van der Waals surface area (Å²) in [6, 6.07) is 9.16. The van der Waals surface area contributed by atoms with Crippen LogP contribution in [0, 0.1) is 0 Å². The zero-order valence-electron chi connectivity index (χ0n) is 10.3. The molecule has 16 heavy (non-hydrogen) atoms. The van der Waals surface area contributed by atoms with Crippen LogP contribution < -0.4 is 4.74 Å². The molecule has 1 aromatic carbocycles. The Morgan fingerprint density at radius 1 is 1.25 bits per heavy atom. The first-order valence-corrected chi connectivity index (χ1v) is 6.16. The molecule has 0 saturated carbocycles. The summed E-state index contributed by atoms with van der Waals surface area (Å²) in [5.41, 5.74) is 1.38. The van der Waals surface area contributed by atoms with E-state index in [1.807, 2.05) is 12.1 Å². The Kier molecular flexibility index (Phi) is 3.83. The predicted molar refractivity (Wildman–Crippen MR) is 66.7 cm³/mol. The van der Waals surface area contributed by atoms with Gasteiger partial charge in [0.25, 0.3) is 0 Å². The standard InChI is InChI=1S/C14H21NO/c1-12-5-3-4-10-15(12)11-13-6-8-14(16-2)9-7-13/h6-9,12H,3-5,10-11H2,1-2H3. The summed E-state index contributed by atoms with van der Waals surface area (Å²) in [5, 5.41) is 0. The van der Waals surface area contributed by atoms with Gasteiger partial charge in [0.2, 0.25) is 0 Å². The molecule has 1 atom stereocenters. The molecule has 1 fully saturated rings. The lowest BCUT2D eigenvalue weighted by atomic mass is 10.0. The molecule has 1 aromatic rings. The van der Waals surface area contributed by atoms with Crippen LogP contribution in [0.4, 0.5) is 0 Å². The fourth-order valence-electron chi connectivity index (χ4n) is 2.36. The van der Waals surface area contributed by atoms with Crippen LogP contribution in [0.2, 0.25) is 0 Å². The van der Waals surface area contributed by atoms with E-state index >= 15 is 0 Å². The number of nitrogens with zero attached hydrogens (tertiary/aromatic N) is 1. The molecule has 2 heteroatoms. The third-order valence-electron chi connectivity index (χ3n) is 3.49. The summed E-state index contributed by atoms with van der Waals surface area (Å²) >= 11 is 0. The van der Waals surface area contributed by atoms with Crippen molar-refractivity contribution in [2.24, 2.45) is 0 Å². The zero-order valence-corrected chi connectivity index (χ0v) is 10.3. The van der Waals surface area contributed by atoms with Gasteiger partial charge >= 0.3 is 0 Å². The largest absolute Gasteiger partial charge is 0.497 e.